The molecule has 0 radical (unpaired) electrons. The van der Waals surface area contributed by atoms with Crippen LogP contribution in [0.2, 0.25) is 0 Å². The lowest BCUT2D eigenvalue weighted by atomic mass is 10.1. The Kier molecular flexibility index (Phi) is 5.04. The van der Waals surface area contributed by atoms with E-state index in [2.05, 4.69) is 34.3 Å². The summed E-state index contributed by atoms with van der Waals surface area (Å²) >= 11 is 0. The van der Waals surface area contributed by atoms with Crippen molar-refractivity contribution in [1.82, 2.24) is 14.5 Å². The van der Waals surface area contributed by atoms with Crippen LogP contribution in [0.25, 0.3) is 27.8 Å². The highest BCUT2D eigenvalue weighted by Gasteiger charge is 2.17. The summed E-state index contributed by atoms with van der Waals surface area (Å²) in [7, 11) is 1.66. The number of hydrogen-bond acceptors (Lipinski definition) is 4. The topological polar surface area (TPSA) is 52.0 Å². The van der Waals surface area contributed by atoms with E-state index >= 15 is 0 Å². The molecule has 1 N–H and O–H groups in total. The van der Waals surface area contributed by atoms with Crippen molar-refractivity contribution in [2.75, 3.05) is 25.6 Å². The largest absolute Gasteiger partial charge is 0.383 e. The normalized spacial score (nSPS) is 11.1. The standard InChI is InChI=1S/C22H21FN4O/c1-15-4-3-5-18(12-15)27-13-19(16-6-8-17(23)9-7-16)20-21(24-10-11-28-2)25-14-26-22(20)27/h3-9,12-14H,10-11H2,1-2H3,(H,24,25,26). The van der Waals surface area contributed by atoms with E-state index in [4.69, 9.17) is 4.74 Å². The highest BCUT2D eigenvalue weighted by Crippen LogP contribution is 2.35. The quantitative estimate of drug-likeness (QED) is 0.500. The number of rotatable bonds is 6. The molecule has 0 atom stereocenters. The van der Waals surface area contributed by atoms with Crippen LogP contribution in [0.1, 0.15) is 5.56 Å². The summed E-state index contributed by atoms with van der Waals surface area (Å²) in [4.78, 5) is 8.99. The van der Waals surface area contributed by atoms with Gasteiger partial charge in [-0.05, 0) is 42.3 Å². The molecule has 0 amide bonds. The maximum atomic E-state index is 13.5. The van der Waals surface area contributed by atoms with Crippen LogP contribution in [0.5, 0.6) is 0 Å². The number of ether oxygens (including phenoxy) is 1. The SMILES string of the molecule is COCCNc1ncnc2c1c(-c1ccc(F)cc1)cn2-c1cccc(C)c1. The van der Waals surface area contributed by atoms with Crippen molar-refractivity contribution in [2.45, 2.75) is 6.92 Å². The number of hydrogen-bond donors (Lipinski definition) is 1. The Labute approximate surface area is 162 Å². The second-order valence-corrected chi connectivity index (χ2v) is 6.60. The van der Waals surface area contributed by atoms with Gasteiger partial charge in [-0.1, -0.05) is 24.3 Å². The number of benzene rings is 2. The van der Waals surface area contributed by atoms with E-state index in [0.717, 1.165) is 39.2 Å². The smallest absolute Gasteiger partial charge is 0.150 e. The molecule has 0 fully saturated rings. The Morgan fingerprint density at radius 2 is 1.93 bits per heavy atom. The molecule has 4 rings (SSSR count). The van der Waals surface area contributed by atoms with E-state index in [1.807, 2.05) is 22.9 Å². The predicted octanol–water partition coefficient (Wildman–Crippen LogP) is 4.59. The van der Waals surface area contributed by atoms with Gasteiger partial charge in [0, 0.05) is 31.1 Å². The number of anilines is 1. The summed E-state index contributed by atoms with van der Waals surface area (Å²) in [6.45, 7) is 3.25. The molecule has 2 heterocycles. The van der Waals surface area contributed by atoms with E-state index in [1.165, 1.54) is 12.1 Å². The molecule has 0 aliphatic carbocycles. The summed E-state index contributed by atoms with van der Waals surface area (Å²) in [5, 5.41) is 4.22. The number of nitrogens with zero attached hydrogens (tertiary/aromatic N) is 3. The van der Waals surface area contributed by atoms with Crippen molar-refractivity contribution in [2.24, 2.45) is 0 Å². The zero-order valence-electron chi connectivity index (χ0n) is 15.8. The Hall–Kier alpha value is -3.25. The highest BCUT2D eigenvalue weighted by molar-refractivity contribution is 6.02. The van der Waals surface area contributed by atoms with Crippen molar-refractivity contribution >= 4 is 16.9 Å². The first-order valence-corrected chi connectivity index (χ1v) is 9.09. The third kappa shape index (κ3) is 3.46. The first-order chi connectivity index (χ1) is 13.7. The van der Waals surface area contributed by atoms with Crippen LogP contribution in [0.4, 0.5) is 10.2 Å². The summed E-state index contributed by atoms with van der Waals surface area (Å²) in [5.74, 6) is 0.466. The molecule has 0 bridgehead atoms. The molecule has 6 heteroatoms. The second kappa shape index (κ2) is 7.78. The molecule has 0 saturated carbocycles. The van der Waals surface area contributed by atoms with Gasteiger partial charge in [0.05, 0.1) is 12.0 Å². The van der Waals surface area contributed by atoms with Crippen LogP contribution in [-0.2, 0) is 4.74 Å². The predicted molar refractivity (Wildman–Crippen MR) is 109 cm³/mol. The summed E-state index contributed by atoms with van der Waals surface area (Å²) in [5.41, 5.74) is 4.81. The molecule has 0 spiro atoms. The fraction of sp³-hybridized carbons (Fsp3) is 0.182. The number of halogens is 1. The van der Waals surface area contributed by atoms with Gasteiger partial charge in [-0.3, -0.25) is 0 Å². The summed E-state index contributed by atoms with van der Waals surface area (Å²) in [6, 6.07) is 14.7. The zero-order valence-corrected chi connectivity index (χ0v) is 15.8. The number of fused-ring (bicyclic) bond motifs is 1. The average molecular weight is 376 g/mol. The molecule has 0 unspecified atom stereocenters. The molecule has 2 aromatic heterocycles. The van der Waals surface area contributed by atoms with Gasteiger partial charge >= 0.3 is 0 Å². The summed E-state index contributed by atoms with van der Waals surface area (Å²) in [6.07, 6.45) is 3.58. The molecule has 4 aromatic rings. The lowest BCUT2D eigenvalue weighted by molar-refractivity contribution is 0.210. The third-order valence-corrected chi connectivity index (χ3v) is 4.62. The monoisotopic (exact) mass is 376 g/mol. The molecular formula is C22H21FN4O. The lowest BCUT2D eigenvalue weighted by Gasteiger charge is -2.08. The zero-order chi connectivity index (χ0) is 19.5. The van der Waals surface area contributed by atoms with Gasteiger partial charge in [0.15, 0.2) is 5.65 Å². The third-order valence-electron chi connectivity index (χ3n) is 4.62. The maximum absolute atomic E-state index is 13.5. The van der Waals surface area contributed by atoms with E-state index in [9.17, 15) is 4.39 Å². The Balaban J connectivity index is 1.94. The van der Waals surface area contributed by atoms with Crippen LogP contribution in [0.15, 0.2) is 61.1 Å². The first-order valence-electron chi connectivity index (χ1n) is 9.09. The van der Waals surface area contributed by atoms with Crippen LogP contribution < -0.4 is 5.32 Å². The minimum absolute atomic E-state index is 0.263. The van der Waals surface area contributed by atoms with Crippen molar-refractivity contribution in [3.8, 4) is 16.8 Å². The highest BCUT2D eigenvalue weighted by atomic mass is 19.1. The van der Waals surface area contributed by atoms with Gasteiger partial charge in [-0.2, -0.15) is 0 Å². The molecule has 5 nitrogen and oxygen atoms in total. The number of aryl methyl sites for hydroxylation is 1. The van der Waals surface area contributed by atoms with Crippen molar-refractivity contribution in [1.29, 1.82) is 0 Å². The van der Waals surface area contributed by atoms with E-state index in [0.29, 0.717) is 13.2 Å². The Morgan fingerprint density at radius 3 is 2.68 bits per heavy atom. The van der Waals surface area contributed by atoms with Gasteiger partial charge in [0.25, 0.3) is 0 Å². The van der Waals surface area contributed by atoms with Gasteiger partial charge in [-0.25, -0.2) is 14.4 Å². The molecule has 0 saturated heterocycles. The van der Waals surface area contributed by atoms with Crippen molar-refractivity contribution in [3.05, 3.63) is 72.4 Å². The number of nitrogens with one attached hydrogen (secondary N) is 1. The molecule has 0 aliphatic heterocycles. The summed E-state index contributed by atoms with van der Waals surface area (Å²) < 4.78 is 20.6. The fourth-order valence-corrected chi connectivity index (χ4v) is 3.29. The minimum Gasteiger partial charge on any atom is -0.383 e. The Bertz CT molecular complexity index is 1110. The van der Waals surface area contributed by atoms with E-state index in [-0.39, 0.29) is 5.82 Å². The van der Waals surface area contributed by atoms with Crippen LogP contribution in [-0.4, -0.2) is 34.8 Å². The lowest BCUT2D eigenvalue weighted by Crippen LogP contribution is -2.09. The van der Waals surface area contributed by atoms with Gasteiger partial charge in [0.1, 0.15) is 18.0 Å². The minimum atomic E-state index is -0.263. The van der Waals surface area contributed by atoms with E-state index in [1.54, 1.807) is 25.6 Å². The average Bonchev–Trinajstić information content (AvgIpc) is 3.09. The van der Waals surface area contributed by atoms with Gasteiger partial charge < -0.3 is 14.6 Å². The van der Waals surface area contributed by atoms with Crippen molar-refractivity contribution in [3.63, 3.8) is 0 Å². The number of methoxy groups -OCH3 is 1. The molecule has 0 aliphatic rings. The van der Waals surface area contributed by atoms with E-state index < -0.39 is 0 Å². The van der Waals surface area contributed by atoms with Crippen molar-refractivity contribution < 1.29 is 9.13 Å². The fourth-order valence-electron chi connectivity index (χ4n) is 3.29. The molecule has 142 valence electrons. The maximum Gasteiger partial charge on any atom is 0.150 e. The first kappa shape index (κ1) is 18.1. The van der Waals surface area contributed by atoms with Gasteiger partial charge in [-0.15, -0.1) is 0 Å². The molecule has 28 heavy (non-hydrogen) atoms. The van der Waals surface area contributed by atoms with Gasteiger partial charge in [0.2, 0.25) is 0 Å². The Morgan fingerprint density at radius 1 is 1.11 bits per heavy atom. The van der Waals surface area contributed by atoms with Crippen LogP contribution >= 0.6 is 0 Å². The molecular weight excluding hydrogens is 355 g/mol. The number of aromatic nitrogens is 3. The second-order valence-electron chi connectivity index (χ2n) is 6.60. The molecule has 2 aromatic carbocycles. The van der Waals surface area contributed by atoms with Crippen LogP contribution in [0, 0.1) is 12.7 Å². The van der Waals surface area contributed by atoms with Crippen LogP contribution in [0.3, 0.4) is 0 Å².